The SMILES string of the molecule is C=C(O)[C@H](NC)C(C)=O. The summed E-state index contributed by atoms with van der Waals surface area (Å²) >= 11 is 0. The van der Waals surface area contributed by atoms with Crippen LogP contribution in [-0.4, -0.2) is 24.0 Å². The highest BCUT2D eigenvalue weighted by atomic mass is 16.3. The van der Waals surface area contributed by atoms with Crippen molar-refractivity contribution in [3.63, 3.8) is 0 Å². The molecule has 9 heavy (non-hydrogen) atoms. The number of hydrogen-bond donors (Lipinski definition) is 2. The zero-order valence-corrected chi connectivity index (χ0v) is 5.64. The van der Waals surface area contributed by atoms with Gasteiger partial charge in [0.2, 0.25) is 0 Å². The van der Waals surface area contributed by atoms with Crippen molar-refractivity contribution in [1.29, 1.82) is 0 Å². The van der Waals surface area contributed by atoms with E-state index < -0.39 is 6.04 Å². The molecule has 0 aliphatic rings. The number of aliphatic hydroxyl groups is 1. The van der Waals surface area contributed by atoms with E-state index in [0.717, 1.165) is 0 Å². The quantitative estimate of drug-likeness (QED) is 0.536. The van der Waals surface area contributed by atoms with Crippen molar-refractivity contribution in [3.8, 4) is 0 Å². The molecule has 3 nitrogen and oxygen atoms in total. The molecule has 3 heteroatoms. The number of carbonyl (C=O) groups is 1. The Morgan fingerprint density at radius 3 is 2.22 bits per heavy atom. The first-order valence-electron chi connectivity index (χ1n) is 2.65. The zero-order chi connectivity index (χ0) is 7.44. The molecule has 1 atom stereocenters. The fourth-order valence-electron chi connectivity index (χ4n) is 0.605. The summed E-state index contributed by atoms with van der Waals surface area (Å²) in [6, 6.07) is -0.606. The molecule has 0 rings (SSSR count). The first kappa shape index (κ1) is 8.17. The molecule has 0 amide bonds. The molecular weight excluding hydrogens is 118 g/mol. The number of Topliss-reactive ketones (excluding diaryl/α,β-unsaturated/α-hetero) is 1. The van der Waals surface area contributed by atoms with Gasteiger partial charge in [-0.2, -0.15) is 0 Å². The molecule has 0 heterocycles. The lowest BCUT2D eigenvalue weighted by molar-refractivity contribution is -0.118. The predicted octanol–water partition coefficient (Wildman–Crippen LogP) is 0.235. The molecule has 0 aromatic rings. The number of rotatable bonds is 3. The topological polar surface area (TPSA) is 49.3 Å². The van der Waals surface area contributed by atoms with Crippen molar-refractivity contribution in [3.05, 3.63) is 12.3 Å². The van der Waals surface area contributed by atoms with E-state index in [1.165, 1.54) is 6.92 Å². The van der Waals surface area contributed by atoms with Crippen LogP contribution < -0.4 is 5.32 Å². The Balaban J connectivity index is 3.99. The van der Waals surface area contributed by atoms with E-state index in [4.69, 9.17) is 5.11 Å². The Bertz CT molecular complexity index is 117. The van der Waals surface area contributed by atoms with Crippen LogP contribution in [0.1, 0.15) is 6.92 Å². The molecule has 0 aliphatic carbocycles. The number of aliphatic hydroxyl groups excluding tert-OH is 1. The zero-order valence-electron chi connectivity index (χ0n) is 5.64. The number of hydrogen-bond acceptors (Lipinski definition) is 3. The highest BCUT2D eigenvalue weighted by molar-refractivity contribution is 5.83. The van der Waals surface area contributed by atoms with Crippen LogP contribution in [0.2, 0.25) is 0 Å². The highest BCUT2D eigenvalue weighted by Crippen LogP contribution is 1.93. The van der Waals surface area contributed by atoms with E-state index in [1.54, 1.807) is 7.05 Å². The van der Waals surface area contributed by atoms with Gasteiger partial charge in [-0.05, 0) is 14.0 Å². The second kappa shape index (κ2) is 3.25. The molecule has 0 radical (unpaired) electrons. The van der Waals surface area contributed by atoms with Gasteiger partial charge in [-0.15, -0.1) is 0 Å². The molecule has 0 aliphatic heterocycles. The van der Waals surface area contributed by atoms with Gasteiger partial charge in [-0.25, -0.2) is 0 Å². The van der Waals surface area contributed by atoms with Gasteiger partial charge in [-0.3, -0.25) is 4.79 Å². The van der Waals surface area contributed by atoms with Gasteiger partial charge in [0, 0.05) is 0 Å². The van der Waals surface area contributed by atoms with Crippen molar-refractivity contribution in [2.24, 2.45) is 0 Å². The Hall–Kier alpha value is -0.830. The van der Waals surface area contributed by atoms with Crippen LogP contribution in [0.3, 0.4) is 0 Å². The Morgan fingerprint density at radius 2 is 2.22 bits per heavy atom. The standard InChI is InChI=1S/C6H11NO2/c1-4(8)6(7-3)5(2)9/h6-8H,1H2,2-3H3/t6-/m0/s1. The normalized spacial score (nSPS) is 12.7. The van der Waals surface area contributed by atoms with Gasteiger partial charge in [0.15, 0.2) is 5.78 Å². The van der Waals surface area contributed by atoms with E-state index in [0.29, 0.717) is 0 Å². The number of likely N-dealkylation sites (N-methyl/N-ethyl adjacent to an activating group) is 1. The average molecular weight is 129 g/mol. The predicted molar refractivity (Wildman–Crippen MR) is 35.3 cm³/mol. The van der Waals surface area contributed by atoms with Crippen LogP contribution in [0.4, 0.5) is 0 Å². The molecule has 0 saturated heterocycles. The second-order valence-corrected chi connectivity index (χ2v) is 1.82. The Kier molecular flexibility index (Phi) is 2.95. The third-order valence-electron chi connectivity index (χ3n) is 1.03. The maximum absolute atomic E-state index is 10.5. The summed E-state index contributed by atoms with van der Waals surface area (Å²) in [5.41, 5.74) is 0. The smallest absolute Gasteiger partial charge is 0.154 e. The molecule has 2 N–H and O–H groups in total. The number of carbonyl (C=O) groups excluding carboxylic acids is 1. The third kappa shape index (κ3) is 2.28. The summed E-state index contributed by atoms with van der Waals surface area (Å²) in [6.07, 6.45) is 0. The summed E-state index contributed by atoms with van der Waals surface area (Å²) in [7, 11) is 1.59. The molecule has 52 valence electrons. The average Bonchev–Trinajstić information content (AvgIpc) is 1.64. The van der Waals surface area contributed by atoms with E-state index in [2.05, 4.69) is 11.9 Å². The van der Waals surface area contributed by atoms with Crippen molar-refractivity contribution in [2.45, 2.75) is 13.0 Å². The van der Waals surface area contributed by atoms with Crippen LogP contribution in [0.25, 0.3) is 0 Å². The van der Waals surface area contributed by atoms with Crippen molar-refractivity contribution in [2.75, 3.05) is 7.05 Å². The monoisotopic (exact) mass is 129 g/mol. The molecule has 0 bridgehead atoms. The lowest BCUT2D eigenvalue weighted by atomic mass is 10.2. The molecule has 0 unspecified atom stereocenters. The van der Waals surface area contributed by atoms with Gasteiger partial charge in [-0.1, -0.05) is 6.58 Å². The number of ketones is 1. The third-order valence-corrected chi connectivity index (χ3v) is 1.03. The summed E-state index contributed by atoms with van der Waals surface area (Å²) < 4.78 is 0. The Morgan fingerprint density at radius 1 is 1.78 bits per heavy atom. The van der Waals surface area contributed by atoms with E-state index in [1.807, 2.05) is 0 Å². The van der Waals surface area contributed by atoms with E-state index >= 15 is 0 Å². The second-order valence-electron chi connectivity index (χ2n) is 1.82. The van der Waals surface area contributed by atoms with Crippen LogP contribution in [0, 0.1) is 0 Å². The van der Waals surface area contributed by atoms with Gasteiger partial charge in [0.05, 0.1) is 0 Å². The Labute approximate surface area is 54.4 Å². The number of nitrogens with one attached hydrogen (secondary N) is 1. The first-order valence-corrected chi connectivity index (χ1v) is 2.65. The molecule has 0 aromatic carbocycles. The van der Waals surface area contributed by atoms with Crippen LogP contribution in [0.15, 0.2) is 12.3 Å². The maximum atomic E-state index is 10.5. The summed E-state index contributed by atoms with van der Waals surface area (Å²) in [4.78, 5) is 10.5. The van der Waals surface area contributed by atoms with Crippen molar-refractivity contribution >= 4 is 5.78 Å². The van der Waals surface area contributed by atoms with Crippen molar-refractivity contribution in [1.82, 2.24) is 5.32 Å². The summed E-state index contributed by atoms with van der Waals surface area (Å²) in [5, 5.41) is 11.3. The molecule has 0 aromatic heterocycles. The van der Waals surface area contributed by atoms with Gasteiger partial charge < -0.3 is 10.4 Å². The maximum Gasteiger partial charge on any atom is 0.154 e. The molecular formula is C6H11NO2. The van der Waals surface area contributed by atoms with Gasteiger partial charge >= 0.3 is 0 Å². The van der Waals surface area contributed by atoms with Crippen LogP contribution in [-0.2, 0) is 4.79 Å². The van der Waals surface area contributed by atoms with Crippen LogP contribution in [0.5, 0.6) is 0 Å². The fraction of sp³-hybridized carbons (Fsp3) is 0.500. The minimum atomic E-state index is -0.606. The van der Waals surface area contributed by atoms with Crippen molar-refractivity contribution < 1.29 is 9.90 Å². The van der Waals surface area contributed by atoms with E-state index in [9.17, 15) is 4.79 Å². The fourth-order valence-corrected chi connectivity index (χ4v) is 0.605. The lowest BCUT2D eigenvalue weighted by Gasteiger charge is -2.08. The first-order chi connectivity index (χ1) is 4.09. The lowest BCUT2D eigenvalue weighted by Crippen LogP contribution is -2.33. The molecule has 0 fully saturated rings. The molecule has 0 spiro atoms. The minimum Gasteiger partial charge on any atom is -0.511 e. The van der Waals surface area contributed by atoms with Crippen LogP contribution >= 0.6 is 0 Å². The highest BCUT2D eigenvalue weighted by Gasteiger charge is 2.13. The summed E-state index contributed by atoms with van der Waals surface area (Å²) in [6.45, 7) is 4.61. The van der Waals surface area contributed by atoms with Gasteiger partial charge in [0.1, 0.15) is 11.8 Å². The largest absolute Gasteiger partial charge is 0.511 e. The van der Waals surface area contributed by atoms with Gasteiger partial charge in [0.25, 0.3) is 0 Å². The minimum absolute atomic E-state index is 0.134. The summed E-state index contributed by atoms with van der Waals surface area (Å²) in [5.74, 6) is -0.269. The molecule has 0 saturated carbocycles. The van der Waals surface area contributed by atoms with E-state index in [-0.39, 0.29) is 11.5 Å².